The lowest BCUT2D eigenvalue weighted by Crippen LogP contribution is -2.48. The summed E-state index contributed by atoms with van der Waals surface area (Å²) >= 11 is 0. The van der Waals surface area contributed by atoms with Crippen LogP contribution < -0.4 is 11.2 Å². The molecule has 8 heteroatoms. The molecule has 0 spiro atoms. The van der Waals surface area contributed by atoms with Gasteiger partial charge in [0.05, 0.1) is 6.61 Å². The third-order valence-corrected chi connectivity index (χ3v) is 5.02. The quantitative estimate of drug-likeness (QED) is 0.672. The molecule has 3 N–H and O–H groups in total. The van der Waals surface area contributed by atoms with E-state index in [4.69, 9.17) is 4.74 Å². The van der Waals surface area contributed by atoms with Crippen molar-refractivity contribution < 1.29 is 14.9 Å². The molecule has 0 aliphatic carbocycles. The largest absolute Gasteiger partial charge is 0.394 e. The van der Waals surface area contributed by atoms with E-state index in [1.54, 1.807) is 6.92 Å². The second-order valence-electron chi connectivity index (χ2n) is 6.68. The van der Waals surface area contributed by atoms with Crippen LogP contribution in [0.25, 0.3) is 0 Å². The molecule has 2 aliphatic heterocycles. The maximum Gasteiger partial charge on any atom is 0.330 e. The molecule has 0 unspecified atom stereocenters. The van der Waals surface area contributed by atoms with Gasteiger partial charge in [-0.3, -0.25) is 19.2 Å². The Hall–Kier alpha value is -1.48. The van der Waals surface area contributed by atoms with Gasteiger partial charge in [0.1, 0.15) is 18.4 Å². The fourth-order valence-corrected chi connectivity index (χ4v) is 3.71. The monoisotopic (exact) mass is 339 g/mol. The number of H-pyrrole nitrogens is 1. The zero-order valence-electron chi connectivity index (χ0n) is 13.9. The van der Waals surface area contributed by atoms with Crippen molar-refractivity contribution in [3.63, 3.8) is 0 Å². The molecule has 0 saturated carbocycles. The average molecular weight is 339 g/mol. The minimum absolute atomic E-state index is 0.0587. The number of aromatic amines is 1. The molecular weight excluding hydrogens is 314 g/mol. The van der Waals surface area contributed by atoms with Crippen LogP contribution in [-0.4, -0.2) is 62.6 Å². The molecule has 3 rings (SSSR count). The summed E-state index contributed by atoms with van der Waals surface area (Å²) in [4.78, 5) is 28.2. The molecular formula is C16H25N3O5. The van der Waals surface area contributed by atoms with Gasteiger partial charge in [-0.1, -0.05) is 6.42 Å². The summed E-state index contributed by atoms with van der Waals surface area (Å²) in [6.07, 6.45) is 3.30. The predicted octanol–water partition coefficient (Wildman–Crippen LogP) is -0.660. The van der Waals surface area contributed by atoms with E-state index < -0.39 is 29.7 Å². The number of aryl methyl sites for hydroxylation is 1. The van der Waals surface area contributed by atoms with Crippen LogP contribution in [0, 0.1) is 6.92 Å². The van der Waals surface area contributed by atoms with Gasteiger partial charge < -0.3 is 14.9 Å². The van der Waals surface area contributed by atoms with Crippen molar-refractivity contribution >= 4 is 0 Å². The van der Waals surface area contributed by atoms with Gasteiger partial charge in [-0.25, -0.2) is 4.79 Å². The molecule has 3 heterocycles. The Morgan fingerprint density at radius 1 is 1.33 bits per heavy atom. The highest BCUT2D eigenvalue weighted by atomic mass is 16.5. The number of nitrogens with zero attached hydrogens (tertiary/aromatic N) is 2. The van der Waals surface area contributed by atoms with Crippen LogP contribution in [0.4, 0.5) is 0 Å². The van der Waals surface area contributed by atoms with Crippen molar-refractivity contribution in [3.8, 4) is 0 Å². The zero-order valence-corrected chi connectivity index (χ0v) is 13.9. The Kier molecular flexibility index (Phi) is 5.19. The van der Waals surface area contributed by atoms with Gasteiger partial charge in [0.15, 0.2) is 0 Å². The summed E-state index contributed by atoms with van der Waals surface area (Å²) in [5, 5.41) is 19.5. The van der Waals surface area contributed by atoms with Gasteiger partial charge in [0.2, 0.25) is 0 Å². The summed E-state index contributed by atoms with van der Waals surface area (Å²) in [7, 11) is 0. The maximum absolute atomic E-state index is 12.1. The number of ether oxygens (including phenoxy) is 1. The highest BCUT2D eigenvalue weighted by Gasteiger charge is 2.43. The number of rotatable bonds is 4. The van der Waals surface area contributed by atoms with Crippen LogP contribution in [0.2, 0.25) is 0 Å². The molecule has 24 heavy (non-hydrogen) atoms. The predicted molar refractivity (Wildman–Crippen MR) is 86.9 cm³/mol. The van der Waals surface area contributed by atoms with E-state index in [9.17, 15) is 19.8 Å². The van der Waals surface area contributed by atoms with Crippen LogP contribution in [0.3, 0.4) is 0 Å². The van der Waals surface area contributed by atoms with E-state index in [0.29, 0.717) is 12.0 Å². The molecule has 0 aromatic carbocycles. The fourth-order valence-electron chi connectivity index (χ4n) is 3.71. The molecule has 8 nitrogen and oxygen atoms in total. The third-order valence-electron chi connectivity index (χ3n) is 5.02. The smallest absolute Gasteiger partial charge is 0.330 e. The van der Waals surface area contributed by atoms with Gasteiger partial charge in [-0.2, -0.15) is 0 Å². The molecule has 2 saturated heterocycles. The highest BCUT2D eigenvalue weighted by molar-refractivity contribution is 5.03. The standard InChI is InChI=1S/C16H25N3O5/c1-10-8-19(16(23)17-15(10)22)13-7-11(14(24-13)12(21)9-20)18-5-3-2-4-6-18/h8,11-14,20-21H,2-7,9H2,1H3,(H,17,22,23)/t11-,12+,13+,14-/m0/s1. The molecule has 0 bridgehead atoms. The first-order valence-electron chi connectivity index (χ1n) is 8.51. The minimum atomic E-state index is -0.999. The molecule has 2 aliphatic rings. The van der Waals surface area contributed by atoms with Gasteiger partial charge in [0.25, 0.3) is 5.56 Å². The van der Waals surface area contributed by atoms with Crippen molar-refractivity contribution in [1.82, 2.24) is 14.5 Å². The molecule has 4 atom stereocenters. The lowest BCUT2D eigenvalue weighted by molar-refractivity contribution is -0.0906. The van der Waals surface area contributed by atoms with Crippen molar-refractivity contribution in [2.45, 2.75) is 57.1 Å². The van der Waals surface area contributed by atoms with E-state index in [2.05, 4.69) is 9.88 Å². The summed E-state index contributed by atoms with van der Waals surface area (Å²) in [5.41, 5.74) is -0.500. The summed E-state index contributed by atoms with van der Waals surface area (Å²) in [5.74, 6) is 0. The second kappa shape index (κ2) is 7.18. The lowest BCUT2D eigenvalue weighted by Gasteiger charge is -2.35. The molecule has 0 amide bonds. The topological polar surface area (TPSA) is 108 Å². The number of aromatic nitrogens is 2. The first kappa shape index (κ1) is 17.3. The van der Waals surface area contributed by atoms with E-state index in [0.717, 1.165) is 25.9 Å². The Morgan fingerprint density at radius 2 is 2.04 bits per heavy atom. The van der Waals surface area contributed by atoms with E-state index in [1.807, 2.05) is 0 Å². The van der Waals surface area contributed by atoms with E-state index >= 15 is 0 Å². The second-order valence-corrected chi connectivity index (χ2v) is 6.68. The number of hydrogen-bond acceptors (Lipinski definition) is 6. The van der Waals surface area contributed by atoms with Crippen LogP contribution in [-0.2, 0) is 4.74 Å². The van der Waals surface area contributed by atoms with E-state index in [1.165, 1.54) is 17.2 Å². The molecule has 0 radical (unpaired) electrons. The van der Waals surface area contributed by atoms with Crippen molar-refractivity contribution in [1.29, 1.82) is 0 Å². The van der Waals surface area contributed by atoms with Crippen LogP contribution in [0.5, 0.6) is 0 Å². The first-order valence-corrected chi connectivity index (χ1v) is 8.51. The van der Waals surface area contributed by atoms with Gasteiger partial charge in [-0.05, 0) is 32.9 Å². The normalized spacial score (nSPS) is 29.7. The highest BCUT2D eigenvalue weighted by Crippen LogP contribution is 2.34. The van der Waals surface area contributed by atoms with Crippen molar-refractivity contribution in [2.24, 2.45) is 0 Å². The lowest BCUT2D eigenvalue weighted by atomic mass is 10.00. The number of aliphatic hydroxyl groups excluding tert-OH is 2. The Morgan fingerprint density at radius 3 is 2.71 bits per heavy atom. The van der Waals surface area contributed by atoms with Crippen LogP contribution in [0.15, 0.2) is 15.8 Å². The van der Waals surface area contributed by atoms with Gasteiger partial charge >= 0.3 is 5.69 Å². The number of likely N-dealkylation sites (tertiary alicyclic amines) is 1. The summed E-state index contributed by atoms with van der Waals surface area (Å²) in [6, 6.07) is -0.0587. The van der Waals surface area contributed by atoms with Gasteiger partial charge in [0, 0.05) is 24.2 Å². The van der Waals surface area contributed by atoms with Crippen LogP contribution in [0.1, 0.15) is 37.5 Å². The first-order chi connectivity index (χ1) is 11.5. The Balaban J connectivity index is 1.87. The molecule has 2 fully saturated rings. The number of hydrogen-bond donors (Lipinski definition) is 3. The average Bonchev–Trinajstić information content (AvgIpc) is 3.03. The number of nitrogens with one attached hydrogen (secondary N) is 1. The Bertz CT molecular complexity index is 679. The molecule has 134 valence electrons. The molecule has 1 aromatic heterocycles. The minimum Gasteiger partial charge on any atom is -0.394 e. The van der Waals surface area contributed by atoms with Crippen LogP contribution >= 0.6 is 0 Å². The third kappa shape index (κ3) is 3.32. The van der Waals surface area contributed by atoms with E-state index in [-0.39, 0.29) is 12.6 Å². The van der Waals surface area contributed by atoms with Crippen molar-refractivity contribution in [2.75, 3.05) is 19.7 Å². The summed E-state index contributed by atoms with van der Waals surface area (Å²) < 4.78 is 7.30. The van der Waals surface area contributed by atoms with Crippen molar-refractivity contribution in [3.05, 3.63) is 32.6 Å². The molecule has 1 aromatic rings. The Labute approximate surface area is 139 Å². The maximum atomic E-state index is 12.1. The van der Waals surface area contributed by atoms with Gasteiger partial charge in [-0.15, -0.1) is 0 Å². The zero-order chi connectivity index (χ0) is 17.3. The number of piperidine rings is 1. The number of aliphatic hydroxyl groups is 2. The summed E-state index contributed by atoms with van der Waals surface area (Å²) in [6.45, 7) is 3.09. The SMILES string of the molecule is Cc1cn([C@H]2C[C@H](N3CCCCC3)[C@@H]([C@H](O)CO)O2)c(=O)[nH]c1=O. The fraction of sp³-hybridized carbons (Fsp3) is 0.750.